The van der Waals surface area contributed by atoms with Gasteiger partial charge in [-0.15, -0.1) is 0 Å². The Morgan fingerprint density at radius 2 is 1.68 bits per heavy atom. The molecular formula is C21H30O4. The van der Waals surface area contributed by atoms with E-state index in [1.54, 1.807) is 6.07 Å². The average Bonchev–Trinajstić information content (AvgIpc) is 2.99. The van der Waals surface area contributed by atoms with Gasteiger partial charge < -0.3 is 9.47 Å². The van der Waals surface area contributed by atoms with Crippen LogP contribution in [0.4, 0.5) is 0 Å². The quantitative estimate of drug-likeness (QED) is 0.725. The van der Waals surface area contributed by atoms with Crippen LogP contribution in [0.3, 0.4) is 0 Å². The van der Waals surface area contributed by atoms with Crippen molar-refractivity contribution in [3.05, 3.63) is 35.4 Å². The summed E-state index contributed by atoms with van der Waals surface area (Å²) >= 11 is 0. The Balaban J connectivity index is 2.02. The number of esters is 2. The van der Waals surface area contributed by atoms with Crippen LogP contribution >= 0.6 is 0 Å². The second-order valence-corrected chi connectivity index (χ2v) is 8.54. The standard InChI is InChI=1S/C21H30O4/c1-20(2,3)24-19(23)17-12-8-9-15(13-17)14-21(4,5)25-18(22)16-10-6-7-11-16/h8-9,12-13,16H,6-7,10-11,14H2,1-5H3. The lowest BCUT2D eigenvalue weighted by Crippen LogP contribution is -2.33. The van der Waals surface area contributed by atoms with Gasteiger partial charge in [0, 0.05) is 6.42 Å². The van der Waals surface area contributed by atoms with E-state index < -0.39 is 11.2 Å². The molecule has 1 fully saturated rings. The van der Waals surface area contributed by atoms with Gasteiger partial charge in [-0.3, -0.25) is 4.79 Å². The lowest BCUT2D eigenvalue weighted by atomic mass is 9.96. The lowest BCUT2D eigenvalue weighted by Gasteiger charge is -2.27. The monoisotopic (exact) mass is 346 g/mol. The molecule has 4 heteroatoms. The van der Waals surface area contributed by atoms with Crippen molar-refractivity contribution in [2.45, 2.75) is 77.9 Å². The highest BCUT2D eigenvalue weighted by Gasteiger charge is 2.30. The van der Waals surface area contributed by atoms with E-state index in [0.717, 1.165) is 31.2 Å². The number of carbonyl (C=O) groups is 2. The maximum atomic E-state index is 12.3. The average molecular weight is 346 g/mol. The maximum absolute atomic E-state index is 12.3. The van der Waals surface area contributed by atoms with Crippen molar-refractivity contribution in [2.75, 3.05) is 0 Å². The van der Waals surface area contributed by atoms with Crippen LogP contribution in [-0.2, 0) is 20.7 Å². The molecule has 0 spiro atoms. The third-order valence-corrected chi connectivity index (χ3v) is 4.26. The van der Waals surface area contributed by atoms with Crippen LogP contribution in [0.15, 0.2) is 24.3 Å². The van der Waals surface area contributed by atoms with Crippen LogP contribution in [0, 0.1) is 5.92 Å². The van der Waals surface area contributed by atoms with Crippen LogP contribution in [0.5, 0.6) is 0 Å². The molecule has 25 heavy (non-hydrogen) atoms. The van der Waals surface area contributed by atoms with Gasteiger partial charge in [0.05, 0.1) is 11.5 Å². The Morgan fingerprint density at radius 1 is 1.04 bits per heavy atom. The van der Waals surface area contributed by atoms with Crippen LogP contribution < -0.4 is 0 Å². The molecule has 0 aromatic heterocycles. The molecule has 1 saturated carbocycles. The summed E-state index contributed by atoms with van der Waals surface area (Å²) in [5, 5.41) is 0. The molecule has 0 heterocycles. The highest BCUT2D eigenvalue weighted by Crippen LogP contribution is 2.28. The van der Waals surface area contributed by atoms with Gasteiger partial charge in [-0.25, -0.2) is 4.79 Å². The zero-order valence-electron chi connectivity index (χ0n) is 16.1. The zero-order chi connectivity index (χ0) is 18.7. The van der Waals surface area contributed by atoms with Gasteiger partial charge in [0.1, 0.15) is 11.2 Å². The molecule has 1 aromatic rings. The van der Waals surface area contributed by atoms with Crippen LogP contribution in [0.2, 0.25) is 0 Å². The van der Waals surface area contributed by atoms with E-state index >= 15 is 0 Å². The van der Waals surface area contributed by atoms with E-state index in [9.17, 15) is 9.59 Å². The molecule has 0 unspecified atom stereocenters. The minimum atomic E-state index is -0.605. The van der Waals surface area contributed by atoms with Crippen molar-refractivity contribution < 1.29 is 19.1 Å². The van der Waals surface area contributed by atoms with Crippen molar-refractivity contribution in [1.29, 1.82) is 0 Å². The summed E-state index contributed by atoms with van der Waals surface area (Å²) in [5.74, 6) is -0.381. The van der Waals surface area contributed by atoms with Gasteiger partial charge in [-0.05, 0) is 65.2 Å². The van der Waals surface area contributed by atoms with E-state index in [0.29, 0.717) is 12.0 Å². The summed E-state index contributed by atoms with van der Waals surface area (Å²) in [6, 6.07) is 7.34. The summed E-state index contributed by atoms with van der Waals surface area (Å²) in [7, 11) is 0. The van der Waals surface area contributed by atoms with E-state index in [1.807, 2.05) is 52.8 Å². The third-order valence-electron chi connectivity index (χ3n) is 4.26. The fourth-order valence-electron chi connectivity index (χ4n) is 3.19. The second-order valence-electron chi connectivity index (χ2n) is 8.54. The molecule has 2 rings (SSSR count). The predicted octanol–water partition coefficient (Wildman–Crippen LogP) is 4.70. The number of rotatable bonds is 5. The summed E-state index contributed by atoms with van der Waals surface area (Å²) in [5.41, 5.74) is 0.341. The fourth-order valence-corrected chi connectivity index (χ4v) is 3.19. The smallest absolute Gasteiger partial charge is 0.338 e. The highest BCUT2D eigenvalue weighted by atomic mass is 16.6. The molecular weight excluding hydrogens is 316 g/mol. The van der Waals surface area contributed by atoms with Crippen LogP contribution in [0.25, 0.3) is 0 Å². The van der Waals surface area contributed by atoms with Gasteiger partial charge in [0.15, 0.2) is 0 Å². The van der Waals surface area contributed by atoms with Crippen molar-refractivity contribution in [1.82, 2.24) is 0 Å². The molecule has 1 aliphatic carbocycles. The first-order chi connectivity index (χ1) is 11.6. The van der Waals surface area contributed by atoms with E-state index in [4.69, 9.17) is 9.47 Å². The Labute approximate surface area is 150 Å². The Hall–Kier alpha value is -1.84. The number of hydrogen-bond acceptors (Lipinski definition) is 4. The van der Waals surface area contributed by atoms with Crippen molar-refractivity contribution in [2.24, 2.45) is 5.92 Å². The molecule has 0 saturated heterocycles. The molecule has 1 aromatic carbocycles. The fraction of sp³-hybridized carbons (Fsp3) is 0.619. The molecule has 0 atom stereocenters. The first kappa shape index (κ1) is 19.5. The summed E-state index contributed by atoms with van der Waals surface area (Å²) in [6.45, 7) is 9.38. The maximum Gasteiger partial charge on any atom is 0.338 e. The first-order valence-corrected chi connectivity index (χ1v) is 9.11. The lowest BCUT2D eigenvalue weighted by molar-refractivity contribution is -0.161. The van der Waals surface area contributed by atoms with Crippen molar-refractivity contribution in [3.8, 4) is 0 Å². The minimum Gasteiger partial charge on any atom is -0.459 e. The topological polar surface area (TPSA) is 52.6 Å². The molecule has 0 bridgehead atoms. The molecule has 0 amide bonds. The SMILES string of the molecule is CC(C)(C)OC(=O)c1cccc(CC(C)(C)OC(=O)C2CCCC2)c1. The van der Waals surface area contributed by atoms with E-state index in [2.05, 4.69) is 0 Å². The normalized spacial score (nSPS) is 15.9. The second kappa shape index (κ2) is 7.59. The van der Waals surface area contributed by atoms with Gasteiger partial charge in [0.2, 0.25) is 0 Å². The van der Waals surface area contributed by atoms with Crippen molar-refractivity contribution in [3.63, 3.8) is 0 Å². The molecule has 0 radical (unpaired) electrons. The van der Waals surface area contributed by atoms with Gasteiger partial charge in [-0.2, -0.15) is 0 Å². The predicted molar refractivity (Wildman–Crippen MR) is 97.4 cm³/mol. The van der Waals surface area contributed by atoms with Gasteiger partial charge >= 0.3 is 11.9 Å². The number of benzene rings is 1. The molecule has 1 aliphatic rings. The summed E-state index contributed by atoms with van der Waals surface area (Å²) < 4.78 is 11.2. The molecule has 138 valence electrons. The molecule has 4 nitrogen and oxygen atoms in total. The minimum absolute atomic E-state index is 0.0485. The zero-order valence-corrected chi connectivity index (χ0v) is 16.1. The Bertz CT molecular complexity index is 619. The van der Waals surface area contributed by atoms with Gasteiger partial charge in [-0.1, -0.05) is 25.0 Å². The van der Waals surface area contributed by atoms with Crippen molar-refractivity contribution >= 4 is 11.9 Å². The Kier molecular flexibility index (Phi) is 5.91. The molecule has 0 aliphatic heterocycles. The highest BCUT2D eigenvalue weighted by molar-refractivity contribution is 5.89. The first-order valence-electron chi connectivity index (χ1n) is 9.11. The number of carbonyl (C=O) groups excluding carboxylic acids is 2. The largest absolute Gasteiger partial charge is 0.459 e. The van der Waals surface area contributed by atoms with Crippen LogP contribution in [0.1, 0.15) is 76.2 Å². The van der Waals surface area contributed by atoms with E-state index in [1.165, 1.54) is 0 Å². The number of hydrogen-bond donors (Lipinski definition) is 0. The Morgan fingerprint density at radius 3 is 2.28 bits per heavy atom. The summed E-state index contributed by atoms with van der Waals surface area (Å²) in [6.07, 6.45) is 4.64. The number of ether oxygens (including phenoxy) is 2. The summed E-state index contributed by atoms with van der Waals surface area (Å²) in [4.78, 5) is 24.5. The third kappa shape index (κ3) is 6.18. The van der Waals surface area contributed by atoms with Crippen LogP contribution in [-0.4, -0.2) is 23.1 Å². The van der Waals surface area contributed by atoms with Gasteiger partial charge in [0.25, 0.3) is 0 Å². The van der Waals surface area contributed by atoms with E-state index in [-0.39, 0.29) is 17.9 Å². The molecule has 0 N–H and O–H groups in total.